The lowest BCUT2D eigenvalue weighted by Crippen LogP contribution is -2.15. The van der Waals surface area contributed by atoms with Crippen molar-refractivity contribution in [2.45, 2.75) is 12.1 Å². The maximum absolute atomic E-state index is 11.8. The zero-order valence-corrected chi connectivity index (χ0v) is 12.5. The third-order valence-electron chi connectivity index (χ3n) is 2.55. The second-order valence-electron chi connectivity index (χ2n) is 4.17. The molecule has 3 heterocycles. The number of hydrogen-bond acceptors (Lipinski definition) is 7. The maximum atomic E-state index is 11.8. The number of carbonyl (C=O) groups is 1. The number of fused-ring (bicyclic) bond motifs is 1. The first-order valence-corrected chi connectivity index (χ1v) is 7.82. The number of nitrogens with zero attached hydrogens (tertiary/aromatic N) is 2. The van der Waals surface area contributed by atoms with Crippen LogP contribution in [0.5, 0.6) is 0 Å². The highest BCUT2D eigenvalue weighted by atomic mass is 32.2. The summed E-state index contributed by atoms with van der Waals surface area (Å²) in [7, 11) is 0. The number of thiophene rings is 1. The van der Waals surface area contributed by atoms with Gasteiger partial charge in [0, 0.05) is 6.07 Å². The fraction of sp³-hybridized carbons (Fsp3) is 0.167. The minimum Gasteiger partial charge on any atom is -0.360 e. The van der Waals surface area contributed by atoms with Gasteiger partial charge in [-0.1, -0.05) is 16.9 Å². The Morgan fingerprint density at radius 1 is 1.57 bits per heavy atom. The third kappa shape index (κ3) is 3.14. The minimum absolute atomic E-state index is 0.117. The molecule has 0 saturated carbocycles. The number of thioether (sulfide) groups is 1. The van der Waals surface area contributed by atoms with Crippen LogP contribution in [0.15, 0.2) is 32.0 Å². The molecular formula is C12H10N4O3S2. The Kier molecular flexibility index (Phi) is 3.76. The molecular weight excluding hydrogens is 312 g/mol. The number of nitrogens with one attached hydrogen (secondary N) is 2. The average Bonchev–Trinajstić information content (AvgIpc) is 3.06. The summed E-state index contributed by atoms with van der Waals surface area (Å²) in [6.07, 6.45) is 0. The predicted molar refractivity (Wildman–Crippen MR) is 80.8 cm³/mol. The van der Waals surface area contributed by atoms with E-state index in [0.717, 1.165) is 11.8 Å². The van der Waals surface area contributed by atoms with E-state index in [1.807, 2.05) is 0 Å². The molecule has 3 aromatic rings. The van der Waals surface area contributed by atoms with Gasteiger partial charge in [-0.15, -0.1) is 11.3 Å². The molecule has 0 aliphatic heterocycles. The van der Waals surface area contributed by atoms with E-state index in [2.05, 4.69) is 20.4 Å². The summed E-state index contributed by atoms with van der Waals surface area (Å²) < 4.78 is 4.85. The molecule has 7 nitrogen and oxygen atoms in total. The number of amides is 1. The van der Waals surface area contributed by atoms with E-state index >= 15 is 0 Å². The number of rotatable bonds is 4. The number of anilines is 1. The molecule has 0 aromatic carbocycles. The number of aromatic nitrogens is 3. The van der Waals surface area contributed by atoms with Crippen molar-refractivity contribution in [1.82, 2.24) is 15.1 Å². The largest absolute Gasteiger partial charge is 0.360 e. The van der Waals surface area contributed by atoms with Crippen LogP contribution in [-0.2, 0) is 4.79 Å². The number of H-pyrrole nitrogens is 1. The molecule has 0 unspecified atom stereocenters. The number of aryl methyl sites for hydroxylation is 1. The summed E-state index contributed by atoms with van der Waals surface area (Å²) in [6.45, 7) is 1.74. The van der Waals surface area contributed by atoms with Gasteiger partial charge >= 0.3 is 0 Å². The Balaban J connectivity index is 1.65. The van der Waals surface area contributed by atoms with Crippen molar-refractivity contribution in [2.75, 3.05) is 11.1 Å². The van der Waals surface area contributed by atoms with Crippen LogP contribution < -0.4 is 10.9 Å². The Morgan fingerprint density at radius 3 is 3.19 bits per heavy atom. The van der Waals surface area contributed by atoms with Crippen LogP contribution in [0.2, 0.25) is 0 Å². The zero-order valence-electron chi connectivity index (χ0n) is 10.9. The van der Waals surface area contributed by atoms with E-state index in [9.17, 15) is 9.59 Å². The summed E-state index contributed by atoms with van der Waals surface area (Å²) in [6, 6.07) is 3.35. The van der Waals surface area contributed by atoms with E-state index < -0.39 is 0 Å². The van der Waals surface area contributed by atoms with Crippen LogP contribution in [0.3, 0.4) is 0 Å². The zero-order chi connectivity index (χ0) is 14.8. The van der Waals surface area contributed by atoms with Gasteiger partial charge in [-0.05, 0) is 18.4 Å². The van der Waals surface area contributed by atoms with Gasteiger partial charge in [-0.25, -0.2) is 4.98 Å². The van der Waals surface area contributed by atoms with Crippen molar-refractivity contribution in [1.29, 1.82) is 0 Å². The van der Waals surface area contributed by atoms with Gasteiger partial charge in [0.15, 0.2) is 11.0 Å². The second-order valence-corrected chi connectivity index (χ2v) is 6.03. The fourth-order valence-corrected chi connectivity index (χ4v) is 3.14. The summed E-state index contributed by atoms with van der Waals surface area (Å²) >= 11 is 2.54. The Labute approximate surface area is 126 Å². The van der Waals surface area contributed by atoms with Gasteiger partial charge in [-0.2, -0.15) is 0 Å². The summed E-state index contributed by atoms with van der Waals surface area (Å²) in [5.74, 6) is 0.855. The molecule has 1 amide bonds. The summed E-state index contributed by atoms with van der Waals surface area (Å²) in [5, 5.41) is 9.06. The average molecular weight is 322 g/mol. The lowest BCUT2D eigenvalue weighted by Gasteiger charge is -2.01. The lowest BCUT2D eigenvalue weighted by molar-refractivity contribution is -0.113. The van der Waals surface area contributed by atoms with Crippen molar-refractivity contribution in [3.05, 3.63) is 33.6 Å². The monoisotopic (exact) mass is 322 g/mol. The van der Waals surface area contributed by atoms with E-state index in [4.69, 9.17) is 4.52 Å². The van der Waals surface area contributed by atoms with Crippen molar-refractivity contribution in [3.8, 4) is 0 Å². The van der Waals surface area contributed by atoms with Crippen LogP contribution in [0, 0.1) is 6.92 Å². The van der Waals surface area contributed by atoms with E-state index in [1.165, 1.54) is 11.3 Å². The topological polar surface area (TPSA) is 101 Å². The molecule has 0 spiro atoms. The first-order valence-electron chi connectivity index (χ1n) is 5.95. The lowest BCUT2D eigenvalue weighted by atomic mass is 10.4. The second kappa shape index (κ2) is 5.70. The van der Waals surface area contributed by atoms with Crippen LogP contribution >= 0.6 is 23.1 Å². The van der Waals surface area contributed by atoms with Gasteiger partial charge in [0.1, 0.15) is 10.6 Å². The molecule has 21 heavy (non-hydrogen) atoms. The highest BCUT2D eigenvalue weighted by molar-refractivity contribution is 7.99. The van der Waals surface area contributed by atoms with Crippen molar-refractivity contribution < 1.29 is 9.32 Å². The molecule has 0 aliphatic rings. The molecule has 3 rings (SSSR count). The van der Waals surface area contributed by atoms with Gasteiger partial charge in [0.2, 0.25) is 5.91 Å². The fourth-order valence-electron chi connectivity index (χ4n) is 1.65. The molecule has 2 N–H and O–H groups in total. The van der Waals surface area contributed by atoms with Crippen molar-refractivity contribution in [2.24, 2.45) is 0 Å². The van der Waals surface area contributed by atoms with E-state index in [-0.39, 0.29) is 17.2 Å². The smallest absolute Gasteiger partial charge is 0.260 e. The minimum atomic E-state index is -0.248. The number of aromatic amines is 1. The first kappa shape index (κ1) is 13.8. The van der Waals surface area contributed by atoms with Gasteiger partial charge in [0.25, 0.3) is 5.56 Å². The van der Waals surface area contributed by atoms with Crippen molar-refractivity contribution >= 4 is 45.0 Å². The normalized spacial score (nSPS) is 10.9. The van der Waals surface area contributed by atoms with Crippen LogP contribution in [-0.4, -0.2) is 26.8 Å². The maximum Gasteiger partial charge on any atom is 0.260 e. The van der Waals surface area contributed by atoms with E-state index in [1.54, 1.807) is 24.4 Å². The summed E-state index contributed by atoms with van der Waals surface area (Å²) in [5.41, 5.74) is -0.198. The van der Waals surface area contributed by atoms with Crippen molar-refractivity contribution in [3.63, 3.8) is 0 Å². The first-order chi connectivity index (χ1) is 10.1. The van der Waals surface area contributed by atoms with Gasteiger partial charge < -0.3 is 14.8 Å². The highest BCUT2D eigenvalue weighted by Crippen LogP contribution is 2.19. The van der Waals surface area contributed by atoms with Crippen LogP contribution in [0.4, 0.5) is 5.82 Å². The SMILES string of the molecule is Cc1cc(NC(=O)CSc2nc3sccc3c(=O)[nH]2)no1. The Morgan fingerprint density at radius 2 is 2.43 bits per heavy atom. The quantitative estimate of drug-likeness (QED) is 0.563. The molecule has 0 bridgehead atoms. The van der Waals surface area contributed by atoms with Crippen LogP contribution in [0.25, 0.3) is 10.2 Å². The molecule has 108 valence electrons. The molecule has 0 saturated heterocycles. The third-order valence-corrected chi connectivity index (χ3v) is 4.23. The standard InChI is InChI=1S/C12H10N4O3S2/c1-6-4-8(16-19-6)13-9(17)5-21-12-14-10(18)7-2-3-20-11(7)15-12/h2-4H,5H2,1H3,(H,13,16,17)(H,14,15,18). The van der Waals surface area contributed by atoms with Crippen LogP contribution in [0.1, 0.15) is 5.76 Å². The predicted octanol–water partition coefficient (Wildman–Crippen LogP) is 2.01. The Hall–Kier alpha value is -2.13. The van der Waals surface area contributed by atoms with Gasteiger partial charge in [-0.3, -0.25) is 9.59 Å². The molecule has 0 aliphatic carbocycles. The van der Waals surface area contributed by atoms with E-state index in [0.29, 0.717) is 27.0 Å². The Bertz CT molecular complexity index is 851. The molecule has 0 atom stereocenters. The molecule has 0 fully saturated rings. The number of carbonyl (C=O) groups excluding carboxylic acids is 1. The van der Waals surface area contributed by atoms with Gasteiger partial charge in [0.05, 0.1) is 11.1 Å². The number of hydrogen-bond donors (Lipinski definition) is 2. The summed E-state index contributed by atoms with van der Waals surface area (Å²) in [4.78, 5) is 31.1. The highest BCUT2D eigenvalue weighted by Gasteiger charge is 2.10. The molecule has 3 aromatic heterocycles. The molecule has 9 heteroatoms. The molecule has 0 radical (unpaired) electrons.